The van der Waals surface area contributed by atoms with Crippen molar-refractivity contribution >= 4 is 29.2 Å². The zero-order valence-corrected chi connectivity index (χ0v) is 23.7. The number of carbonyl (C=O) groups is 3. The van der Waals surface area contributed by atoms with Crippen LogP contribution < -0.4 is 25.4 Å². The molecule has 1 fully saturated rings. The molecule has 2 heterocycles. The Balaban J connectivity index is 1.19. The number of methoxy groups -OCH3 is 1. The zero-order valence-electron chi connectivity index (χ0n) is 23.7. The molecule has 0 unspecified atom stereocenters. The van der Waals surface area contributed by atoms with E-state index in [1.165, 1.54) is 12.1 Å². The Hall–Kier alpha value is -4.71. The van der Waals surface area contributed by atoms with Crippen LogP contribution in [-0.4, -0.2) is 61.8 Å². The van der Waals surface area contributed by atoms with E-state index < -0.39 is 23.8 Å². The highest BCUT2D eigenvalue weighted by Gasteiger charge is 2.39. The summed E-state index contributed by atoms with van der Waals surface area (Å²) in [4.78, 5) is 40.2. The molecule has 3 aromatic rings. The van der Waals surface area contributed by atoms with E-state index in [0.717, 1.165) is 17.7 Å². The van der Waals surface area contributed by atoms with Gasteiger partial charge in [-0.2, -0.15) is 0 Å². The SMILES string of the molecule is COc1ccccc1CNC(=O)C[C@H]1CC[C@H]2[C@H](COc3ccc(NC(=O)Nc4ccc(F)c(F)c4)cc3C(=O)N2C)O1. The average molecular weight is 595 g/mol. The van der Waals surface area contributed by atoms with Crippen molar-refractivity contribution in [3.63, 3.8) is 0 Å². The van der Waals surface area contributed by atoms with E-state index >= 15 is 0 Å². The number of hydrogen-bond acceptors (Lipinski definition) is 6. The van der Waals surface area contributed by atoms with Crippen molar-refractivity contribution in [2.75, 3.05) is 31.4 Å². The largest absolute Gasteiger partial charge is 0.496 e. The van der Waals surface area contributed by atoms with Crippen molar-refractivity contribution in [1.82, 2.24) is 10.2 Å². The number of fused-ring (bicyclic) bond motifs is 2. The summed E-state index contributed by atoms with van der Waals surface area (Å²) in [5.41, 5.74) is 1.50. The molecule has 2 aliphatic rings. The van der Waals surface area contributed by atoms with Crippen molar-refractivity contribution in [3.8, 4) is 11.5 Å². The Bertz CT molecular complexity index is 1520. The van der Waals surface area contributed by atoms with E-state index in [9.17, 15) is 23.2 Å². The first-order valence-electron chi connectivity index (χ1n) is 13.8. The lowest BCUT2D eigenvalue weighted by Crippen LogP contribution is -2.53. The molecule has 43 heavy (non-hydrogen) atoms. The molecule has 4 amide bonds. The maximum absolute atomic E-state index is 13.5. The Morgan fingerprint density at radius 3 is 2.51 bits per heavy atom. The fourth-order valence-corrected chi connectivity index (χ4v) is 5.29. The van der Waals surface area contributed by atoms with Crippen LogP contribution >= 0.6 is 0 Å². The number of nitrogens with zero attached hydrogens (tertiary/aromatic N) is 1. The van der Waals surface area contributed by atoms with Gasteiger partial charge in [0.1, 0.15) is 24.2 Å². The van der Waals surface area contributed by atoms with Crippen LogP contribution in [0.2, 0.25) is 0 Å². The standard InChI is InChI=1S/C31H32F2N4O6/c1-37-25-11-9-21(15-29(38)34-16-18-5-3-4-6-26(18)41-2)43-28(25)17-42-27-12-8-19(13-22(27)30(37)39)35-31(40)36-20-7-10-23(32)24(33)14-20/h3-8,10,12-14,21,25,28H,9,11,15-17H2,1-2H3,(H,34,38)(H2,35,36,40)/t21-,25+,28+/m1/s1. The molecule has 1 saturated heterocycles. The maximum atomic E-state index is 13.5. The highest BCUT2D eigenvalue weighted by Crippen LogP contribution is 2.32. The van der Waals surface area contributed by atoms with E-state index in [0.29, 0.717) is 36.6 Å². The predicted molar refractivity (Wildman–Crippen MR) is 154 cm³/mol. The van der Waals surface area contributed by atoms with Crippen molar-refractivity contribution in [3.05, 3.63) is 83.4 Å². The summed E-state index contributed by atoms with van der Waals surface area (Å²) in [7, 11) is 3.27. The Morgan fingerprint density at radius 1 is 1.00 bits per heavy atom. The first kappa shape index (κ1) is 29.8. The first-order chi connectivity index (χ1) is 20.7. The van der Waals surface area contributed by atoms with Crippen LogP contribution in [0, 0.1) is 11.6 Å². The number of ether oxygens (including phenoxy) is 3. The number of rotatable bonds is 7. The average Bonchev–Trinajstić information content (AvgIpc) is 3.00. The molecule has 3 aromatic carbocycles. The molecule has 2 aliphatic heterocycles. The van der Waals surface area contributed by atoms with Gasteiger partial charge in [0.2, 0.25) is 5.91 Å². The second kappa shape index (κ2) is 13.1. The van der Waals surface area contributed by atoms with Crippen molar-refractivity contribution in [2.24, 2.45) is 0 Å². The highest BCUT2D eigenvalue weighted by molar-refractivity contribution is 6.02. The number of nitrogens with one attached hydrogen (secondary N) is 3. The first-order valence-corrected chi connectivity index (χ1v) is 13.8. The second-order valence-electron chi connectivity index (χ2n) is 10.4. The summed E-state index contributed by atoms with van der Waals surface area (Å²) in [6, 6.07) is 14.1. The van der Waals surface area contributed by atoms with Gasteiger partial charge < -0.3 is 35.1 Å². The predicted octanol–water partition coefficient (Wildman–Crippen LogP) is 4.70. The molecule has 226 valence electrons. The third-order valence-electron chi connectivity index (χ3n) is 7.53. The molecule has 5 rings (SSSR count). The number of benzene rings is 3. The molecule has 10 nitrogen and oxygen atoms in total. The summed E-state index contributed by atoms with van der Waals surface area (Å²) in [5.74, 6) is -1.56. The number of urea groups is 1. The smallest absolute Gasteiger partial charge is 0.323 e. The molecule has 0 bridgehead atoms. The summed E-state index contributed by atoms with van der Waals surface area (Å²) < 4.78 is 44.2. The van der Waals surface area contributed by atoms with E-state index in [1.807, 2.05) is 24.3 Å². The number of likely N-dealkylation sites (N-methyl/N-ethyl adjacent to an activating group) is 1. The molecule has 0 radical (unpaired) electrons. The van der Waals surface area contributed by atoms with Crippen LogP contribution in [0.4, 0.5) is 25.0 Å². The number of anilines is 2. The lowest BCUT2D eigenvalue weighted by Gasteiger charge is -2.42. The number of amides is 4. The molecule has 3 N–H and O–H groups in total. The molecule has 0 saturated carbocycles. The minimum atomic E-state index is -1.09. The molecule has 0 aromatic heterocycles. The summed E-state index contributed by atoms with van der Waals surface area (Å²) in [5, 5.41) is 7.93. The molecular weight excluding hydrogens is 562 g/mol. The van der Waals surface area contributed by atoms with Gasteiger partial charge in [-0.3, -0.25) is 9.59 Å². The summed E-state index contributed by atoms with van der Waals surface area (Å²) >= 11 is 0. The van der Waals surface area contributed by atoms with Crippen LogP contribution in [0.5, 0.6) is 11.5 Å². The van der Waals surface area contributed by atoms with Crippen molar-refractivity contribution in [1.29, 1.82) is 0 Å². The number of halogens is 2. The third-order valence-corrected chi connectivity index (χ3v) is 7.53. The van der Waals surface area contributed by atoms with Crippen LogP contribution in [0.15, 0.2) is 60.7 Å². The van der Waals surface area contributed by atoms with Crippen LogP contribution in [-0.2, 0) is 16.1 Å². The lowest BCUT2D eigenvalue weighted by molar-refractivity contribution is -0.134. The van der Waals surface area contributed by atoms with Crippen LogP contribution in [0.1, 0.15) is 35.2 Å². The third kappa shape index (κ3) is 7.03. The lowest BCUT2D eigenvalue weighted by atomic mass is 9.94. The highest BCUT2D eigenvalue weighted by atomic mass is 19.2. The molecule has 3 atom stereocenters. The summed E-state index contributed by atoms with van der Waals surface area (Å²) in [6.45, 7) is 0.500. The minimum Gasteiger partial charge on any atom is -0.496 e. The van der Waals surface area contributed by atoms with Crippen molar-refractivity contribution in [2.45, 2.75) is 44.1 Å². The van der Waals surface area contributed by atoms with Gasteiger partial charge in [-0.15, -0.1) is 0 Å². The van der Waals surface area contributed by atoms with Crippen LogP contribution in [0.25, 0.3) is 0 Å². The van der Waals surface area contributed by atoms with E-state index in [-0.39, 0.29) is 48.2 Å². The second-order valence-corrected chi connectivity index (χ2v) is 10.4. The summed E-state index contributed by atoms with van der Waals surface area (Å²) in [6.07, 6.45) is 0.602. The van der Waals surface area contributed by atoms with Crippen LogP contribution in [0.3, 0.4) is 0 Å². The quantitative estimate of drug-likeness (QED) is 0.365. The monoisotopic (exact) mass is 594 g/mol. The van der Waals surface area contributed by atoms with Gasteiger partial charge in [0.25, 0.3) is 5.91 Å². The number of carbonyl (C=O) groups excluding carboxylic acids is 3. The normalized spacial score (nSPS) is 19.6. The van der Waals surface area contributed by atoms with E-state index in [1.54, 1.807) is 31.2 Å². The van der Waals surface area contributed by atoms with Gasteiger partial charge in [-0.25, -0.2) is 13.6 Å². The van der Waals surface area contributed by atoms with E-state index in [2.05, 4.69) is 16.0 Å². The van der Waals surface area contributed by atoms with Gasteiger partial charge in [-0.1, -0.05) is 18.2 Å². The Kier molecular flexibility index (Phi) is 9.05. The van der Waals surface area contributed by atoms with Gasteiger partial charge in [-0.05, 0) is 49.2 Å². The van der Waals surface area contributed by atoms with Crippen molar-refractivity contribution < 1.29 is 37.4 Å². The fraction of sp³-hybridized carbons (Fsp3) is 0.323. The topological polar surface area (TPSA) is 118 Å². The molecule has 12 heteroatoms. The minimum absolute atomic E-state index is 0.0670. The van der Waals surface area contributed by atoms with Gasteiger partial charge in [0.15, 0.2) is 11.6 Å². The molecule has 0 aliphatic carbocycles. The van der Waals surface area contributed by atoms with Gasteiger partial charge in [0.05, 0.1) is 31.2 Å². The Morgan fingerprint density at radius 2 is 1.74 bits per heavy atom. The fourth-order valence-electron chi connectivity index (χ4n) is 5.29. The Labute approximate surface area is 247 Å². The zero-order chi connectivity index (χ0) is 30.5. The van der Waals surface area contributed by atoms with E-state index in [4.69, 9.17) is 14.2 Å². The number of para-hydroxylation sites is 1. The molecular formula is C31H32F2N4O6. The van der Waals surface area contributed by atoms with Gasteiger partial charge in [0, 0.05) is 36.6 Å². The number of hydrogen-bond donors (Lipinski definition) is 3. The maximum Gasteiger partial charge on any atom is 0.323 e. The van der Waals surface area contributed by atoms with Gasteiger partial charge >= 0.3 is 6.03 Å². The molecule has 0 spiro atoms.